The number of hydrogen-bond donors (Lipinski definition) is 0. The van der Waals surface area contributed by atoms with Crippen molar-refractivity contribution in [3.05, 3.63) is 116 Å². The highest BCUT2D eigenvalue weighted by Crippen LogP contribution is 2.61. The molecule has 3 aromatic carbocycles. The van der Waals surface area contributed by atoms with Gasteiger partial charge in [-0.3, -0.25) is 14.4 Å². The lowest BCUT2D eigenvalue weighted by Crippen LogP contribution is -2.48. The van der Waals surface area contributed by atoms with E-state index in [0.29, 0.717) is 38.1 Å². The maximum Gasteiger partial charge on any atom is 0.195 e. The molecule has 1 aromatic heterocycles. The number of nitrogens with zero attached hydrogens (tertiary/aromatic N) is 1. The minimum atomic E-state index is -1.59. The van der Waals surface area contributed by atoms with E-state index in [9.17, 15) is 14.4 Å². The quantitative estimate of drug-likeness (QED) is 0.192. The number of carbonyl (C=O) groups excluding carboxylic acids is 3. The van der Waals surface area contributed by atoms with E-state index in [1.165, 1.54) is 18.4 Å². The Balaban J connectivity index is 1.56. The number of hydrogen-bond acceptors (Lipinski definition) is 7. The van der Waals surface area contributed by atoms with Gasteiger partial charge >= 0.3 is 0 Å². The lowest BCUT2D eigenvalue weighted by atomic mass is 9.64. The Morgan fingerprint density at radius 1 is 0.902 bits per heavy atom. The fourth-order valence-electron chi connectivity index (χ4n) is 6.93. The highest BCUT2D eigenvalue weighted by molar-refractivity contribution is 7.12. The molecule has 3 aliphatic rings. The van der Waals surface area contributed by atoms with Gasteiger partial charge in [0.25, 0.3) is 0 Å². The summed E-state index contributed by atoms with van der Waals surface area (Å²) in [6.45, 7) is 0. The third-order valence-corrected chi connectivity index (χ3v) is 9.68. The molecule has 0 saturated carbocycles. The van der Waals surface area contributed by atoms with Crippen LogP contribution in [-0.2, 0) is 0 Å². The van der Waals surface area contributed by atoms with Crippen LogP contribution in [0.3, 0.4) is 0 Å². The number of halogens is 1. The molecule has 1 spiro atoms. The van der Waals surface area contributed by atoms with Crippen LogP contribution < -0.4 is 14.4 Å². The molecule has 7 rings (SSSR count). The summed E-state index contributed by atoms with van der Waals surface area (Å²) >= 11 is 7.70. The summed E-state index contributed by atoms with van der Waals surface area (Å²) in [5.74, 6) is -0.595. The minimum absolute atomic E-state index is 0.158. The highest BCUT2D eigenvalue weighted by atomic mass is 35.5. The first kappa shape index (κ1) is 25.7. The van der Waals surface area contributed by atoms with E-state index in [-0.39, 0.29) is 17.3 Å². The van der Waals surface area contributed by atoms with Crippen LogP contribution in [0.5, 0.6) is 11.5 Å². The molecule has 6 nitrogen and oxygen atoms in total. The molecule has 0 amide bonds. The smallest absolute Gasteiger partial charge is 0.195 e. The fraction of sp³-hybridized carbons (Fsp3) is 0.182. The van der Waals surface area contributed by atoms with Gasteiger partial charge in [0, 0.05) is 27.8 Å². The van der Waals surface area contributed by atoms with Crippen molar-refractivity contribution in [3.63, 3.8) is 0 Å². The number of benzene rings is 3. The summed E-state index contributed by atoms with van der Waals surface area (Å²) in [5, 5.41) is 2.41. The molecule has 0 N–H and O–H groups in total. The average molecular weight is 582 g/mol. The first-order valence-electron chi connectivity index (χ1n) is 13.2. The van der Waals surface area contributed by atoms with E-state index in [1.807, 2.05) is 46.7 Å². The number of methoxy groups -OCH3 is 2. The van der Waals surface area contributed by atoms with Crippen molar-refractivity contribution in [2.24, 2.45) is 5.41 Å². The number of carbonyl (C=O) groups is 3. The predicted octanol–water partition coefficient (Wildman–Crippen LogP) is 6.74. The molecule has 0 bridgehead atoms. The van der Waals surface area contributed by atoms with Gasteiger partial charge in [-0.05, 0) is 52.9 Å². The zero-order valence-corrected chi connectivity index (χ0v) is 23.7. The Hall–Kier alpha value is -4.20. The Morgan fingerprint density at radius 3 is 2.29 bits per heavy atom. The van der Waals surface area contributed by atoms with E-state index in [4.69, 9.17) is 21.1 Å². The topological polar surface area (TPSA) is 72.9 Å². The number of anilines is 1. The fourth-order valence-corrected chi connectivity index (χ4v) is 7.81. The van der Waals surface area contributed by atoms with E-state index < -0.39 is 23.4 Å². The van der Waals surface area contributed by atoms with Crippen LogP contribution in [0.2, 0.25) is 5.02 Å². The second kappa shape index (κ2) is 9.43. The van der Waals surface area contributed by atoms with E-state index in [0.717, 1.165) is 11.3 Å². The van der Waals surface area contributed by atoms with Crippen LogP contribution in [-0.4, -0.2) is 43.7 Å². The molecule has 4 aromatic rings. The van der Waals surface area contributed by atoms with E-state index >= 15 is 0 Å². The predicted molar refractivity (Wildman–Crippen MR) is 159 cm³/mol. The van der Waals surface area contributed by atoms with Crippen LogP contribution in [0.4, 0.5) is 5.69 Å². The molecule has 1 saturated heterocycles. The van der Waals surface area contributed by atoms with E-state index in [1.54, 1.807) is 55.6 Å². The zero-order valence-electron chi connectivity index (χ0n) is 22.2. The minimum Gasteiger partial charge on any atom is -0.493 e. The maximum atomic E-state index is 14.7. The van der Waals surface area contributed by atoms with Gasteiger partial charge in [-0.25, -0.2) is 0 Å². The highest BCUT2D eigenvalue weighted by Gasteiger charge is 2.71. The van der Waals surface area contributed by atoms with Crippen LogP contribution in [0.1, 0.15) is 47.4 Å². The van der Waals surface area contributed by atoms with Crippen molar-refractivity contribution in [3.8, 4) is 11.5 Å². The second-order valence-electron chi connectivity index (χ2n) is 10.4. The third-order valence-electron chi connectivity index (χ3n) is 8.57. The standard InChI is InChI=1S/C33H24ClNO5S/c1-39-24-13-9-19(17-25(24)40-2)28-29(30(36)26-8-5-15-41-26)35-23-12-11-20(34)16-18(23)10-14-27(35)33(28)31(37)21-6-3-4-7-22(21)32(33)38/h3-17,27-29H,1-2H3. The monoisotopic (exact) mass is 581 g/mol. The second-order valence-corrected chi connectivity index (χ2v) is 11.7. The normalized spacial score (nSPS) is 21.5. The number of fused-ring (bicyclic) bond motifs is 5. The zero-order chi connectivity index (χ0) is 28.5. The van der Waals surface area contributed by atoms with Crippen LogP contribution in [0, 0.1) is 5.41 Å². The molecule has 1 fully saturated rings. The number of Topliss-reactive ketones (excluding diaryl/α,β-unsaturated/α-hetero) is 3. The van der Waals surface area contributed by atoms with Crippen molar-refractivity contribution in [1.29, 1.82) is 0 Å². The van der Waals surface area contributed by atoms with Crippen molar-refractivity contribution in [1.82, 2.24) is 0 Å². The van der Waals surface area contributed by atoms with Crippen LogP contribution in [0.15, 0.2) is 84.3 Å². The van der Waals surface area contributed by atoms with Gasteiger partial charge in [-0.2, -0.15) is 0 Å². The van der Waals surface area contributed by atoms with Gasteiger partial charge < -0.3 is 14.4 Å². The molecule has 2 aliphatic heterocycles. The van der Waals surface area contributed by atoms with Crippen molar-refractivity contribution >= 4 is 52.1 Å². The lowest BCUT2D eigenvalue weighted by molar-refractivity contribution is 0.0666. The SMILES string of the molecule is COc1ccc(C2C(C(=O)c3cccs3)N3c4ccc(Cl)cc4C=CC3C23C(=O)c2ccccc2C3=O)cc1OC. The summed E-state index contributed by atoms with van der Waals surface area (Å²) in [4.78, 5) is 46.5. The Bertz CT molecular complexity index is 1740. The molecular weight excluding hydrogens is 558 g/mol. The van der Waals surface area contributed by atoms with E-state index in [2.05, 4.69) is 0 Å². The third kappa shape index (κ3) is 3.46. The molecule has 8 heteroatoms. The van der Waals surface area contributed by atoms with Gasteiger partial charge in [-0.15, -0.1) is 11.3 Å². The molecule has 3 atom stereocenters. The van der Waals surface area contributed by atoms with Crippen LogP contribution in [0.25, 0.3) is 6.08 Å². The summed E-state index contributed by atoms with van der Waals surface area (Å²) in [5.41, 5.74) is 1.37. The molecule has 3 heterocycles. The summed E-state index contributed by atoms with van der Waals surface area (Å²) < 4.78 is 11.1. The lowest BCUT2D eigenvalue weighted by Gasteiger charge is -2.37. The molecule has 204 valence electrons. The Labute approximate surface area is 245 Å². The Kier molecular flexibility index (Phi) is 5.92. The molecule has 1 aliphatic carbocycles. The Morgan fingerprint density at radius 2 is 1.63 bits per heavy atom. The first-order chi connectivity index (χ1) is 19.9. The first-order valence-corrected chi connectivity index (χ1v) is 14.4. The number of thiophene rings is 1. The molecule has 3 unspecified atom stereocenters. The number of ketones is 3. The van der Waals surface area contributed by atoms with Crippen molar-refractivity contribution in [2.75, 3.05) is 19.1 Å². The van der Waals surface area contributed by atoms with Crippen LogP contribution >= 0.6 is 22.9 Å². The number of rotatable bonds is 5. The maximum absolute atomic E-state index is 14.7. The molecular formula is C33H24ClNO5S. The largest absolute Gasteiger partial charge is 0.493 e. The molecule has 41 heavy (non-hydrogen) atoms. The van der Waals surface area contributed by atoms with Gasteiger partial charge in [-0.1, -0.05) is 60.2 Å². The van der Waals surface area contributed by atoms with Gasteiger partial charge in [0.15, 0.2) is 28.8 Å². The van der Waals surface area contributed by atoms with Crippen molar-refractivity contribution < 1.29 is 23.9 Å². The number of ether oxygens (including phenoxy) is 2. The average Bonchev–Trinajstić information content (AvgIpc) is 3.70. The summed E-state index contributed by atoms with van der Waals surface area (Å²) in [6.07, 6.45) is 3.78. The van der Waals surface area contributed by atoms with Gasteiger partial charge in [0.2, 0.25) is 0 Å². The van der Waals surface area contributed by atoms with Gasteiger partial charge in [0.1, 0.15) is 11.5 Å². The molecule has 0 radical (unpaired) electrons. The van der Waals surface area contributed by atoms with Crippen molar-refractivity contribution in [2.45, 2.75) is 18.0 Å². The summed E-state index contributed by atoms with van der Waals surface area (Å²) in [7, 11) is 3.08. The van der Waals surface area contributed by atoms with Gasteiger partial charge in [0.05, 0.1) is 25.1 Å². The summed E-state index contributed by atoms with van der Waals surface area (Å²) in [6, 6.07) is 19.8.